The van der Waals surface area contributed by atoms with Gasteiger partial charge in [0.1, 0.15) is 6.61 Å². The average Bonchev–Trinajstić information content (AvgIpc) is 2.73. The van der Waals surface area contributed by atoms with Gasteiger partial charge in [0.2, 0.25) is 0 Å². The van der Waals surface area contributed by atoms with Gasteiger partial charge >= 0.3 is 0 Å². The Morgan fingerprint density at radius 2 is 2.28 bits per heavy atom. The summed E-state index contributed by atoms with van der Waals surface area (Å²) in [5, 5.41) is 3.99. The molecule has 1 aromatic carbocycles. The zero-order valence-electron chi connectivity index (χ0n) is 10.2. The van der Waals surface area contributed by atoms with E-state index in [1.165, 1.54) is 19.1 Å². The molecule has 5 heteroatoms. The lowest BCUT2D eigenvalue weighted by atomic mass is 10.1. The number of nitrogens with zero attached hydrogens (tertiary/aromatic N) is 2. The maximum absolute atomic E-state index is 13.6. The van der Waals surface area contributed by atoms with E-state index < -0.39 is 5.82 Å². The molecule has 0 atom stereocenters. The van der Waals surface area contributed by atoms with Crippen molar-refractivity contribution in [3.05, 3.63) is 47.5 Å². The number of aromatic nitrogens is 2. The summed E-state index contributed by atoms with van der Waals surface area (Å²) in [6, 6.07) is 4.19. The third-order valence-electron chi connectivity index (χ3n) is 2.49. The van der Waals surface area contributed by atoms with Crippen LogP contribution in [0.4, 0.5) is 4.39 Å². The van der Waals surface area contributed by atoms with Gasteiger partial charge in [-0.2, -0.15) is 5.10 Å². The Morgan fingerprint density at radius 3 is 2.83 bits per heavy atom. The number of hydrogen-bond acceptors (Lipinski definition) is 3. The van der Waals surface area contributed by atoms with Gasteiger partial charge < -0.3 is 4.74 Å². The summed E-state index contributed by atoms with van der Waals surface area (Å²) >= 11 is 0. The predicted octanol–water partition coefficient (Wildman–Crippen LogP) is 2.34. The highest BCUT2D eigenvalue weighted by Gasteiger charge is 2.08. The van der Waals surface area contributed by atoms with Crippen molar-refractivity contribution < 1.29 is 13.9 Å². The lowest BCUT2D eigenvalue weighted by Crippen LogP contribution is -1.99. The summed E-state index contributed by atoms with van der Waals surface area (Å²) in [5.41, 5.74) is 1.19. The minimum atomic E-state index is -0.536. The second-order valence-corrected chi connectivity index (χ2v) is 4.01. The first kappa shape index (κ1) is 12.3. The van der Waals surface area contributed by atoms with E-state index >= 15 is 0 Å². The van der Waals surface area contributed by atoms with Gasteiger partial charge in [-0.1, -0.05) is 0 Å². The van der Waals surface area contributed by atoms with Crippen LogP contribution in [0.15, 0.2) is 30.6 Å². The van der Waals surface area contributed by atoms with Crippen LogP contribution in [0.2, 0.25) is 0 Å². The number of aryl methyl sites for hydroxylation is 1. The number of carbonyl (C=O) groups is 1. The molecule has 1 aromatic heterocycles. The molecule has 4 nitrogen and oxygen atoms in total. The quantitative estimate of drug-likeness (QED) is 0.780. The van der Waals surface area contributed by atoms with Gasteiger partial charge in [0.15, 0.2) is 17.3 Å². The molecule has 0 aliphatic heterocycles. The topological polar surface area (TPSA) is 44.1 Å². The molecule has 0 saturated carbocycles. The minimum absolute atomic E-state index is 0.129. The van der Waals surface area contributed by atoms with E-state index in [-0.39, 0.29) is 18.1 Å². The van der Waals surface area contributed by atoms with Crippen LogP contribution in [0.1, 0.15) is 22.8 Å². The first-order chi connectivity index (χ1) is 8.56. The molecule has 0 fully saturated rings. The zero-order valence-corrected chi connectivity index (χ0v) is 10.2. The Morgan fingerprint density at radius 1 is 1.50 bits per heavy atom. The summed E-state index contributed by atoms with van der Waals surface area (Å²) in [6.07, 6.45) is 3.45. The van der Waals surface area contributed by atoms with E-state index in [0.717, 1.165) is 5.56 Å². The molecule has 18 heavy (non-hydrogen) atoms. The van der Waals surface area contributed by atoms with Gasteiger partial charge in [-0.15, -0.1) is 0 Å². The van der Waals surface area contributed by atoms with Crippen LogP contribution in [-0.4, -0.2) is 15.6 Å². The first-order valence-electron chi connectivity index (χ1n) is 5.47. The maximum Gasteiger partial charge on any atom is 0.165 e. The number of ether oxygens (including phenoxy) is 1. The van der Waals surface area contributed by atoms with Crippen molar-refractivity contribution in [1.29, 1.82) is 0 Å². The van der Waals surface area contributed by atoms with Crippen molar-refractivity contribution in [2.24, 2.45) is 7.05 Å². The van der Waals surface area contributed by atoms with Crippen molar-refractivity contribution in [3.63, 3.8) is 0 Å². The second-order valence-electron chi connectivity index (χ2n) is 4.01. The Hall–Kier alpha value is -2.17. The Kier molecular flexibility index (Phi) is 3.41. The third kappa shape index (κ3) is 2.74. The SMILES string of the molecule is CC(=O)c1ccc(OCc2cnn(C)c2)c(F)c1. The molecule has 0 aliphatic carbocycles. The molecule has 1 heterocycles. The highest BCUT2D eigenvalue weighted by atomic mass is 19.1. The Bertz CT molecular complexity index is 578. The van der Waals surface area contributed by atoms with Gasteiger partial charge in [-0.3, -0.25) is 9.48 Å². The molecule has 0 bridgehead atoms. The van der Waals surface area contributed by atoms with E-state index in [4.69, 9.17) is 4.74 Å². The normalized spacial score (nSPS) is 10.4. The van der Waals surface area contributed by atoms with Crippen LogP contribution in [0, 0.1) is 5.82 Å². The van der Waals surface area contributed by atoms with Crippen LogP contribution >= 0.6 is 0 Å². The molecule has 0 aliphatic rings. The fraction of sp³-hybridized carbons (Fsp3) is 0.231. The van der Waals surface area contributed by atoms with Crippen LogP contribution in [-0.2, 0) is 13.7 Å². The van der Waals surface area contributed by atoms with Crippen LogP contribution in [0.3, 0.4) is 0 Å². The summed E-state index contributed by atoms with van der Waals surface area (Å²) in [4.78, 5) is 11.1. The first-order valence-corrected chi connectivity index (χ1v) is 5.47. The van der Waals surface area contributed by atoms with E-state index in [1.54, 1.807) is 30.2 Å². The van der Waals surface area contributed by atoms with Crippen molar-refractivity contribution in [3.8, 4) is 5.75 Å². The van der Waals surface area contributed by atoms with Crippen LogP contribution in [0.5, 0.6) is 5.75 Å². The molecule has 2 rings (SSSR count). The van der Waals surface area contributed by atoms with Crippen molar-refractivity contribution in [2.45, 2.75) is 13.5 Å². The number of Topliss-reactive ketones (excluding diaryl/α,β-unsaturated/α-hetero) is 1. The van der Waals surface area contributed by atoms with Gasteiger partial charge in [-0.25, -0.2) is 4.39 Å². The Labute approximate surface area is 104 Å². The molecule has 2 aromatic rings. The van der Waals surface area contributed by atoms with Gasteiger partial charge in [0, 0.05) is 24.4 Å². The predicted molar refractivity (Wildman–Crippen MR) is 63.9 cm³/mol. The van der Waals surface area contributed by atoms with Gasteiger partial charge in [0.05, 0.1) is 6.20 Å². The molecular formula is C13H13FN2O2. The standard InChI is InChI=1S/C13H13FN2O2/c1-9(17)11-3-4-13(12(14)5-11)18-8-10-6-15-16(2)7-10/h3-7H,8H2,1-2H3. The van der Waals surface area contributed by atoms with E-state index in [1.807, 2.05) is 0 Å². The van der Waals surface area contributed by atoms with Crippen molar-refractivity contribution >= 4 is 5.78 Å². The third-order valence-corrected chi connectivity index (χ3v) is 2.49. The lowest BCUT2D eigenvalue weighted by Gasteiger charge is -2.06. The minimum Gasteiger partial charge on any atom is -0.486 e. The van der Waals surface area contributed by atoms with Crippen LogP contribution < -0.4 is 4.74 Å². The summed E-state index contributed by atoms with van der Waals surface area (Å²) in [6.45, 7) is 1.63. The number of ketones is 1. The van der Waals surface area contributed by atoms with Gasteiger partial charge in [0.25, 0.3) is 0 Å². The number of benzene rings is 1. The molecule has 0 amide bonds. The molecule has 0 N–H and O–H groups in total. The highest BCUT2D eigenvalue weighted by Crippen LogP contribution is 2.19. The summed E-state index contributed by atoms with van der Waals surface area (Å²) in [5.74, 6) is -0.580. The monoisotopic (exact) mass is 248 g/mol. The number of hydrogen-bond donors (Lipinski definition) is 0. The lowest BCUT2D eigenvalue weighted by molar-refractivity contribution is 0.101. The zero-order chi connectivity index (χ0) is 13.1. The largest absolute Gasteiger partial charge is 0.486 e. The van der Waals surface area contributed by atoms with Gasteiger partial charge in [-0.05, 0) is 25.1 Å². The van der Waals surface area contributed by atoms with E-state index in [0.29, 0.717) is 5.56 Å². The van der Waals surface area contributed by atoms with E-state index in [9.17, 15) is 9.18 Å². The van der Waals surface area contributed by atoms with Crippen LogP contribution in [0.25, 0.3) is 0 Å². The average molecular weight is 248 g/mol. The number of halogens is 1. The van der Waals surface area contributed by atoms with E-state index in [2.05, 4.69) is 5.10 Å². The molecule has 0 radical (unpaired) electrons. The maximum atomic E-state index is 13.6. The Balaban J connectivity index is 2.08. The summed E-state index contributed by atoms with van der Waals surface area (Å²) in [7, 11) is 1.80. The summed E-state index contributed by atoms with van der Waals surface area (Å²) < 4.78 is 20.6. The molecule has 94 valence electrons. The number of carbonyl (C=O) groups excluding carboxylic acids is 1. The molecule has 0 saturated heterocycles. The fourth-order valence-corrected chi connectivity index (χ4v) is 1.54. The van der Waals surface area contributed by atoms with Crippen molar-refractivity contribution in [2.75, 3.05) is 0 Å². The smallest absolute Gasteiger partial charge is 0.165 e. The second kappa shape index (κ2) is 5.00. The number of rotatable bonds is 4. The fourth-order valence-electron chi connectivity index (χ4n) is 1.54. The molecular weight excluding hydrogens is 235 g/mol. The molecule has 0 spiro atoms. The molecule has 0 unspecified atom stereocenters. The highest BCUT2D eigenvalue weighted by molar-refractivity contribution is 5.94. The van der Waals surface area contributed by atoms with Crippen molar-refractivity contribution in [1.82, 2.24) is 9.78 Å².